The second-order valence-electron chi connectivity index (χ2n) is 10.2. The monoisotopic (exact) mass is 433 g/mol. The van der Waals surface area contributed by atoms with Gasteiger partial charge >= 0.3 is 0 Å². The molecular weight excluding hydrogens is 397 g/mol. The van der Waals surface area contributed by atoms with Crippen LogP contribution >= 0.6 is 7.05 Å². The first-order valence-corrected chi connectivity index (χ1v) is 13.0. The van der Waals surface area contributed by atoms with Gasteiger partial charge in [0.1, 0.15) is 11.4 Å². The predicted octanol–water partition coefficient (Wildman–Crippen LogP) is 7.49. The maximum absolute atomic E-state index is 11.4. The van der Waals surface area contributed by atoms with Crippen LogP contribution in [-0.4, -0.2) is 11.3 Å². The number of phenolic OH excluding ortho intramolecular Hbond substituents is 1. The van der Waals surface area contributed by atoms with Crippen LogP contribution in [0.5, 0.6) is 5.75 Å². The standard InChI is InChI=1S/C28H36NOP/c1-8-31(22-15-11-9-12-16-22,23-17-13-10-14-18-23)29-25-20-21(27(2,3)4)19-24(26(25)30)28(5,6)7/h9-20,30H,8H2,1-7H3. The van der Waals surface area contributed by atoms with Gasteiger partial charge in [-0.2, -0.15) is 0 Å². The molecule has 0 unspecified atom stereocenters. The minimum atomic E-state index is -2.11. The van der Waals surface area contributed by atoms with E-state index in [1.54, 1.807) is 0 Å². The highest BCUT2D eigenvalue weighted by atomic mass is 31.2. The van der Waals surface area contributed by atoms with E-state index in [2.05, 4.69) is 109 Å². The summed E-state index contributed by atoms with van der Waals surface area (Å²) in [6, 6.07) is 25.4. The van der Waals surface area contributed by atoms with Gasteiger partial charge in [-0.1, -0.05) is 115 Å². The minimum Gasteiger partial charge on any atom is -0.505 e. The van der Waals surface area contributed by atoms with Crippen LogP contribution in [0.4, 0.5) is 5.69 Å². The molecule has 3 heteroatoms. The summed E-state index contributed by atoms with van der Waals surface area (Å²) in [6.07, 6.45) is 0.894. The average Bonchev–Trinajstić information content (AvgIpc) is 2.73. The molecule has 3 aromatic carbocycles. The first kappa shape index (κ1) is 23.4. The Morgan fingerprint density at radius 1 is 0.742 bits per heavy atom. The normalized spacial score (nSPS) is 12.6. The Morgan fingerprint density at radius 3 is 1.61 bits per heavy atom. The minimum absolute atomic E-state index is 0.0369. The molecule has 0 fully saturated rings. The molecule has 0 aliphatic rings. The van der Waals surface area contributed by atoms with Gasteiger partial charge in [0.25, 0.3) is 0 Å². The second-order valence-corrected chi connectivity index (χ2v) is 13.7. The van der Waals surface area contributed by atoms with Crippen LogP contribution in [0.25, 0.3) is 0 Å². The summed E-state index contributed by atoms with van der Waals surface area (Å²) >= 11 is 0. The number of nitrogens with zero attached hydrogens (tertiary/aromatic N) is 1. The van der Waals surface area contributed by atoms with Gasteiger partial charge in [-0.3, -0.25) is 4.74 Å². The van der Waals surface area contributed by atoms with Crippen LogP contribution in [0.2, 0.25) is 0 Å². The van der Waals surface area contributed by atoms with Crippen molar-refractivity contribution in [3.8, 4) is 5.75 Å². The second kappa shape index (κ2) is 8.67. The molecule has 1 N–H and O–H groups in total. The number of hydrogen-bond donors (Lipinski definition) is 1. The lowest BCUT2D eigenvalue weighted by Crippen LogP contribution is -2.18. The van der Waals surface area contributed by atoms with Crippen molar-refractivity contribution in [2.24, 2.45) is 4.74 Å². The Balaban J connectivity index is 2.44. The summed E-state index contributed by atoms with van der Waals surface area (Å²) in [5.74, 6) is 0.310. The number of aromatic hydroxyl groups is 1. The SMILES string of the molecule is CCP(=Nc1cc(C(C)(C)C)cc(C(C)(C)C)c1O)(c1ccccc1)c1ccccc1. The third-order valence-corrected chi connectivity index (χ3v) is 9.64. The number of rotatable bonds is 4. The average molecular weight is 434 g/mol. The van der Waals surface area contributed by atoms with Crippen LogP contribution in [-0.2, 0) is 10.8 Å². The van der Waals surface area contributed by atoms with Crippen molar-refractivity contribution in [2.75, 3.05) is 6.16 Å². The fraction of sp³-hybridized carbons (Fsp3) is 0.357. The Labute approximate surface area is 188 Å². The van der Waals surface area contributed by atoms with Crippen molar-refractivity contribution in [3.05, 3.63) is 83.9 Å². The molecule has 3 rings (SSSR count). The smallest absolute Gasteiger partial charge is 0.144 e. The third kappa shape index (κ3) is 4.80. The van der Waals surface area contributed by atoms with Gasteiger partial charge in [0, 0.05) is 12.6 Å². The third-order valence-electron chi connectivity index (χ3n) is 5.87. The molecule has 2 nitrogen and oxygen atoms in total. The van der Waals surface area contributed by atoms with Crippen molar-refractivity contribution in [1.82, 2.24) is 0 Å². The lowest BCUT2D eigenvalue weighted by molar-refractivity contribution is 0.446. The molecule has 3 aromatic rings. The highest BCUT2D eigenvalue weighted by Gasteiger charge is 2.28. The molecule has 31 heavy (non-hydrogen) atoms. The molecule has 0 aliphatic carbocycles. The summed E-state index contributed by atoms with van der Waals surface area (Å²) < 4.78 is 5.46. The first-order chi connectivity index (χ1) is 14.5. The summed E-state index contributed by atoms with van der Waals surface area (Å²) in [5.41, 5.74) is 2.64. The summed E-state index contributed by atoms with van der Waals surface area (Å²) in [5, 5.41) is 13.9. The molecule has 0 saturated carbocycles. The van der Waals surface area contributed by atoms with Crippen LogP contribution < -0.4 is 10.6 Å². The van der Waals surface area contributed by atoms with Gasteiger partial charge in [-0.25, -0.2) is 0 Å². The molecule has 164 valence electrons. The molecule has 0 atom stereocenters. The zero-order valence-electron chi connectivity index (χ0n) is 20.0. The summed E-state index contributed by atoms with van der Waals surface area (Å²) in [6.45, 7) is 15.3. The first-order valence-electron chi connectivity index (χ1n) is 11.1. The van der Waals surface area contributed by atoms with E-state index in [9.17, 15) is 5.11 Å². The van der Waals surface area contributed by atoms with E-state index in [4.69, 9.17) is 4.74 Å². The summed E-state index contributed by atoms with van der Waals surface area (Å²) in [7, 11) is -2.11. The van der Waals surface area contributed by atoms with E-state index in [-0.39, 0.29) is 10.8 Å². The Hall–Kier alpha value is -2.31. The fourth-order valence-corrected chi connectivity index (χ4v) is 7.19. The maximum Gasteiger partial charge on any atom is 0.144 e. The zero-order chi connectivity index (χ0) is 22.9. The van der Waals surface area contributed by atoms with Gasteiger partial charge in [0.05, 0.1) is 0 Å². The molecule has 0 heterocycles. The lowest BCUT2D eigenvalue weighted by Gasteiger charge is -2.29. The Bertz CT molecular complexity index is 1040. The molecule has 0 aliphatic heterocycles. The van der Waals surface area contributed by atoms with Crippen LogP contribution in [0, 0.1) is 0 Å². The number of hydrogen-bond acceptors (Lipinski definition) is 2. The van der Waals surface area contributed by atoms with Gasteiger partial charge in [-0.05, 0) is 39.2 Å². The van der Waals surface area contributed by atoms with Gasteiger partial charge in [0.2, 0.25) is 0 Å². The van der Waals surface area contributed by atoms with Crippen LogP contribution in [0.1, 0.15) is 59.6 Å². The predicted molar refractivity (Wildman–Crippen MR) is 137 cm³/mol. The fourth-order valence-electron chi connectivity index (χ4n) is 3.93. The molecule has 0 amide bonds. The Kier molecular flexibility index (Phi) is 6.53. The molecular formula is C28H36NOP. The van der Waals surface area contributed by atoms with Crippen molar-refractivity contribution in [1.29, 1.82) is 0 Å². The molecule has 0 aromatic heterocycles. The quantitative estimate of drug-likeness (QED) is 0.425. The van der Waals surface area contributed by atoms with E-state index in [1.165, 1.54) is 16.2 Å². The maximum atomic E-state index is 11.4. The summed E-state index contributed by atoms with van der Waals surface area (Å²) in [4.78, 5) is 0. The van der Waals surface area contributed by atoms with E-state index in [0.29, 0.717) is 11.4 Å². The van der Waals surface area contributed by atoms with Crippen molar-refractivity contribution in [3.63, 3.8) is 0 Å². The van der Waals surface area contributed by atoms with E-state index >= 15 is 0 Å². The van der Waals surface area contributed by atoms with Crippen LogP contribution in [0.3, 0.4) is 0 Å². The van der Waals surface area contributed by atoms with Crippen molar-refractivity contribution >= 4 is 23.4 Å². The van der Waals surface area contributed by atoms with Crippen LogP contribution in [0.15, 0.2) is 77.5 Å². The highest BCUT2D eigenvalue weighted by Crippen LogP contribution is 2.53. The van der Waals surface area contributed by atoms with Crippen molar-refractivity contribution < 1.29 is 5.11 Å². The van der Waals surface area contributed by atoms with E-state index < -0.39 is 7.05 Å². The van der Waals surface area contributed by atoms with E-state index in [0.717, 1.165) is 11.7 Å². The van der Waals surface area contributed by atoms with Gasteiger partial charge in [0.15, 0.2) is 0 Å². The highest BCUT2D eigenvalue weighted by molar-refractivity contribution is 7.81. The molecule has 0 spiro atoms. The van der Waals surface area contributed by atoms with Gasteiger partial charge < -0.3 is 5.11 Å². The van der Waals surface area contributed by atoms with Gasteiger partial charge in [-0.15, -0.1) is 0 Å². The Morgan fingerprint density at radius 2 is 1.23 bits per heavy atom. The topological polar surface area (TPSA) is 32.6 Å². The largest absolute Gasteiger partial charge is 0.505 e. The molecule has 0 radical (unpaired) electrons. The molecule has 0 bridgehead atoms. The zero-order valence-corrected chi connectivity index (χ0v) is 20.9. The molecule has 0 saturated heterocycles. The number of phenols is 1. The number of benzene rings is 3. The van der Waals surface area contributed by atoms with Crippen molar-refractivity contribution in [2.45, 2.75) is 59.3 Å². The van der Waals surface area contributed by atoms with E-state index in [1.807, 2.05) is 12.1 Å². The lowest BCUT2D eigenvalue weighted by atomic mass is 9.80.